The molecule has 0 aliphatic carbocycles. The summed E-state index contributed by atoms with van der Waals surface area (Å²) >= 11 is 0. The molecule has 18 aromatic carbocycles. The molecule has 7 aromatic heterocycles. The zero-order chi connectivity index (χ0) is 78.6. The summed E-state index contributed by atoms with van der Waals surface area (Å²) in [6.07, 6.45) is 0. The lowest BCUT2D eigenvalue weighted by molar-refractivity contribution is 0.995. The molecule has 0 spiro atoms. The summed E-state index contributed by atoms with van der Waals surface area (Å²) in [7, 11) is 0. The highest BCUT2D eigenvalue weighted by Gasteiger charge is 2.25. The number of nitrogens with zero attached hydrogens (tertiary/aromatic N) is 8. The zero-order valence-electron chi connectivity index (χ0n) is 65.0. The molecule has 8 nitrogen and oxygen atoms in total. The molecule has 0 saturated heterocycles. The quantitative estimate of drug-likeness (QED) is 0.122. The molecule has 8 heteroatoms. The Labute approximate surface area is 689 Å². The average Bonchev–Trinajstić information content (AvgIpc) is 1.60. The van der Waals surface area contributed by atoms with Crippen LogP contribution in [0.4, 0.5) is 0 Å². The maximum absolute atomic E-state index is 5.68. The molecule has 0 radical (unpaired) electrons. The van der Waals surface area contributed by atoms with Crippen LogP contribution in [0.2, 0.25) is 0 Å². The first kappa shape index (κ1) is 67.2. The molecule has 25 rings (SSSR count). The maximum atomic E-state index is 5.68. The van der Waals surface area contributed by atoms with Gasteiger partial charge in [0.15, 0.2) is 0 Å². The minimum atomic E-state index is 0.586. The Morgan fingerprint density at radius 3 is 0.567 bits per heavy atom. The van der Waals surface area contributed by atoms with Crippen LogP contribution in [0.1, 0.15) is 0 Å². The first-order valence-electron chi connectivity index (χ1n) is 41.1. The van der Waals surface area contributed by atoms with Crippen molar-refractivity contribution in [2.45, 2.75) is 0 Å². The van der Waals surface area contributed by atoms with Crippen LogP contribution in [0.25, 0.3) is 232 Å². The zero-order valence-corrected chi connectivity index (χ0v) is 65.0. The van der Waals surface area contributed by atoms with Gasteiger partial charge in [-0.15, -0.1) is 0 Å². The molecule has 0 atom stereocenters. The first-order chi connectivity index (χ1) is 59.5. The molecule has 7 heterocycles. The fourth-order valence-electron chi connectivity index (χ4n) is 19.5. The van der Waals surface area contributed by atoms with E-state index in [4.69, 9.17) is 9.97 Å². The normalized spacial score (nSPS) is 12.0. The van der Waals surface area contributed by atoms with Gasteiger partial charge in [-0.05, 0) is 233 Å². The van der Waals surface area contributed by atoms with Crippen LogP contribution in [0, 0.1) is 0 Å². The minimum absolute atomic E-state index is 0.586. The van der Waals surface area contributed by atoms with Crippen LogP contribution in [0.3, 0.4) is 0 Å². The standard InChI is InChI=1S/C112H70N8/c1-6-24-71(25-7-1)98-70-99(114-112(113-98)120-110-60-50-79(75-45-55-105-91(63-75)87-35-17-21-39-101(87)116(105)82-28-10-3-11-29-82)68-96(110)97-69-80(51-61-111(97)120)76-46-56-106-92(64-76)88-36-18-22-40-102(88)117(106)83-30-12-4-13-31-83)72-42-52-85(53-43-72)119-103-41-23-19-37-89(103)93-65-74(47-57-107(93)119)78-49-59-109-95(67-78)94-66-77(48-58-108(94)118(109)84-32-14-5-15-33-84)73-44-54-104-90(62-73)86-34-16-20-38-100(86)115(104)81-26-8-2-9-27-81/h1-70H. The summed E-state index contributed by atoms with van der Waals surface area (Å²) in [5.74, 6) is 0.586. The van der Waals surface area contributed by atoms with Crippen molar-refractivity contribution >= 4 is 131 Å². The molecule has 0 bridgehead atoms. The maximum Gasteiger partial charge on any atom is 0.235 e. The lowest BCUT2D eigenvalue weighted by atomic mass is 9.98. The Morgan fingerprint density at radius 2 is 0.308 bits per heavy atom. The summed E-state index contributed by atoms with van der Waals surface area (Å²) in [6, 6.07) is 155. The number of fused-ring (bicyclic) bond motifs is 18. The van der Waals surface area contributed by atoms with Gasteiger partial charge in [0.1, 0.15) is 0 Å². The predicted octanol–water partition coefficient (Wildman–Crippen LogP) is 29.1. The topological polar surface area (TPSA) is 55.4 Å². The Morgan fingerprint density at radius 1 is 0.125 bits per heavy atom. The molecular weight excluding hydrogens is 1460 g/mol. The highest BCUT2D eigenvalue weighted by Crippen LogP contribution is 2.46. The van der Waals surface area contributed by atoms with E-state index >= 15 is 0 Å². The average molecular weight is 1530 g/mol. The lowest BCUT2D eigenvalue weighted by Gasteiger charge is -2.13. The molecule has 0 aliphatic rings. The summed E-state index contributed by atoms with van der Waals surface area (Å²) in [6.45, 7) is 0. The number of hydrogen-bond donors (Lipinski definition) is 0. The van der Waals surface area contributed by atoms with E-state index in [2.05, 4.69) is 452 Å². The van der Waals surface area contributed by atoms with Crippen molar-refractivity contribution in [3.63, 3.8) is 0 Å². The minimum Gasteiger partial charge on any atom is -0.309 e. The molecular formula is C112H70N8. The summed E-state index contributed by atoms with van der Waals surface area (Å²) < 4.78 is 14.3. The molecule has 25 aromatic rings. The number of rotatable bonds is 12. The van der Waals surface area contributed by atoms with E-state index in [0.29, 0.717) is 5.95 Å². The Bertz CT molecular complexity index is 8280. The van der Waals surface area contributed by atoms with Gasteiger partial charge < -0.3 is 22.8 Å². The van der Waals surface area contributed by atoms with E-state index < -0.39 is 0 Å². The lowest BCUT2D eigenvalue weighted by Crippen LogP contribution is -2.04. The molecule has 0 aliphatic heterocycles. The van der Waals surface area contributed by atoms with Crippen LogP contribution in [0.15, 0.2) is 425 Å². The summed E-state index contributed by atoms with van der Waals surface area (Å²) in [4.78, 5) is 11.3. The summed E-state index contributed by atoms with van der Waals surface area (Å²) in [5, 5.41) is 14.3. The van der Waals surface area contributed by atoms with E-state index in [-0.39, 0.29) is 0 Å². The third kappa shape index (κ3) is 10.5. The monoisotopic (exact) mass is 1530 g/mol. The molecule has 120 heavy (non-hydrogen) atoms. The predicted molar refractivity (Wildman–Crippen MR) is 501 cm³/mol. The molecule has 0 fully saturated rings. The molecule has 558 valence electrons. The highest BCUT2D eigenvalue weighted by molar-refractivity contribution is 6.18. The SMILES string of the molecule is c1ccc(-c2cc(-c3ccc(-n4c5ccccc5c5cc(-c6ccc7c(c6)c6cc(-c8ccc9c(c8)c8ccccc8n9-c8ccccc8)ccc6n7-c6ccccc6)ccc54)cc3)nc(-n3c4ccc(-c5ccc6c(c5)c5ccccc5n6-c5ccccc5)cc4c4cc(-c5ccc6c(c5)c5ccccc5n6-c5ccccc5)ccc43)n2)cc1. The van der Waals surface area contributed by atoms with Crippen molar-refractivity contribution in [3.8, 4) is 101 Å². The van der Waals surface area contributed by atoms with Gasteiger partial charge in [-0.1, -0.05) is 237 Å². The van der Waals surface area contributed by atoms with Crippen molar-refractivity contribution in [2.75, 3.05) is 0 Å². The van der Waals surface area contributed by atoms with Crippen LogP contribution < -0.4 is 0 Å². The third-order valence-electron chi connectivity index (χ3n) is 25.0. The Kier molecular flexibility index (Phi) is 15.0. The third-order valence-corrected chi connectivity index (χ3v) is 25.0. The first-order valence-corrected chi connectivity index (χ1v) is 41.1. The highest BCUT2D eigenvalue weighted by atomic mass is 15.2. The van der Waals surface area contributed by atoms with Gasteiger partial charge >= 0.3 is 0 Å². The molecule has 0 saturated carbocycles. The van der Waals surface area contributed by atoms with Gasteiger partial charge in [-0.2, -0.15) is 0 Å². The van der Waals surface area contributed by atoms with Gasteiger partial charge in [0, 0.05) is 104 Å². The van der Waals surface area contributed by atoms with E-state index in [1.165, 1.54) is 98.1 Å². The van der Waals surface area contributed by atoms with Crippen LogP contribution >= 0.6 is 0 Å². The number of aromatic nitrogens is 8. The van der Waals surface area contributed by atoms with Crippen molar-refractivity contribution in [1.82, 2.24) is 37.4 Å². The van der Waals surface area contributed by atoms with Crippen molar-refractivity contribution < 1.29 is 0 Å². The van der Waals surface area contributed by atoms with E-state index in [1.54, 1.807) is 0 Å². The van der Waals surface area contributed by atoms with Gasteiger partial charge in [0.05, 0.1) is 77.6 Å². The fraction of sp³-hybridized carbons (Fsp3) is 0. The number of benzene rings is 18. The van der Waals surface area contributed by atoms with Crippen LogP contribution in [-0.4, -0.2) is 37.4 Å². The van der Waals surface area contributed by atoms with Gasteiger partial charge in [-0.3, -0.25) is 4.57 Å². The van der Waals surface area contributed by atoms with Crippen molar-refractivity contribution in [3.05, 3.63) is 425 Å². The second-order valence-corrected chi connectivity index (χ2v) is 31.6. The fourth-order valence-corrected chi connectivity index (χ4v) is 19.5. The van der Waals surface area contributed by atoms with E-state index in [1.807, 2.05) is 0 Å². The van der Waals surface area contributed by atoms with Crippen LogP contribution in [-0.2, 0) is 0 Å². The van der Waals surface area contributed by atoms with Gasteiger partial charge in [0.2, 0.25) is 5.95 Å². The van der Waals surface area contributed by atoms with Crippen LogP contribution in [0.5, 0.6) is 0 Å². The molecule has 0 unspecified atom stereocenters. The number of hydrogen-bond acceptors (Lipinski definition) is 2. The van der Waals surface area contributed by atoms with Crippen molar-refractivity contribution in [2.24, 2.45) is 0 Å². The van der Waals surface area contributed by atoms with E-state index in [0.717, 1.165) is 128 Å². The Hall–Kier alpha value is -16.2. The second-order valence-electron chi connectivity index (χ2n) is 31.6. The smallest absolute Gasteiger partial charge is 0.235 e. The van der Waals surface area contributed by atoms with Gasteiger partial charge in [-0.25, -0.2) is 9.97 Å². The summed E-state index contributed by atoms with van der Waals surface area (Å²) in [5.41, 5.74) is 32.1. The second kappa shape index (κ2) is 26.7. The Balaban J connectivity index is 0.607. The van der Waals surface area contributed by atoms with E-state index in [9.17, 15) is 0 Å². The van der Waals surface area contributed by atoms with Gasteiger partial charge in [0.25, 0.3) is 0 Å². The molecule has 0 amide bonds. The largest absolute Gasteiger partial charge is 0.309 e. The molecule has 0 N–H and O–H groups in total. The van der Waals surface area contributed by atoms with Crippen molar-refractivity contribution in [1.29, 1.82) is 0 Å². The number of para-hydroxylation sites is 8.